The summed E-state index contributed by atoms with van der Waals surface area (Å²) in [6, 6.07) is 0. The Morgan fingerprint density at radius 1 is 1.67 bits per heavy atom. The van der Waals surface area contributed by atoms with Crippen LogP contribution in [0.4, 0.5) is 0 Å². The Labute approximate surface area is 90.0 Å². The zero-order valence-corrected chi connectivity index (χ0v) is 8.92. The predicted molar refractivity (Wildman–Crippen MR) is 61.9 cm³/mol. The van der Waals surface area contributed by atoms with Gasteiger partial charge in [-0.1, -0.05) is 24.8 Å². The van der Waals surface area contributed by atoms with Crippen LogP contribution in [-0.4, -0.2) is 12.5 Å². The normalized spacial score (nSPS) is 17.4. The van der Waals surface area contributed by atoms with E-state index >= 15 is 0 Å². The van der Waals surface area contributed by atoms with E-state index in [1.165, 1.54) is 0 Å². The van der Waals surface area contributed by atoms with Gasteiger partial charge in [0.05, 0.1) is 0 Å². The minimum Gasteiger partial charge on any atom is -0.399 e. The van der Waals surface area contributed by atoms with E-state index in [0.29, 0.717) is 12.1 Å². The molecule has 80 valence electrons. The number of rotatable bonds is 3. The quantitative estimate of drug-likeness (QED) is 0.683. The van der Waals surface area contributed by atoms with Gasteiger partial charge in [-0.25, -0.2) is 0 Å². The Bertz CT molecular complexity index is 362. The van der Waals surface area contributed by atoms with Crippen molar-refractivity contribution < 1.29 is 4.79 Å². The van der Waals surface area contributed by atoms with E-state index in [1.807, 2.05) is 24.3 Å². The molecular weight excluding hydrogens is 188 g/mol. The Balaban J connectivity index is 2.38. The lowest BCUT2D eigenvalue weighted by molar-refractivity contribution is -0.117. The fourth-order valence-electron chi connectivity index (χ4n) is 1.15. The van der Waals surface area contributed by atoms with E-state index in [-0.39, 0.29) is 5.91 Å². The van der Waals surface area contributed by atoms with E-state index in [1.54, 1.807) is 6.92 Å². The van der Waals surface area contributed by atoms with Gasteiger partial charge >= 0.3 is 0 Å². The van der Waals surface area contributed by atoms with Gasteiger partial charge in [0.2, 0.25) is 5.91 Å². The van der Waals surface area contributed by atoms with Crippen molar-refractivity contribution in [3.05, 3.63) is 47.7 Å². The maximum Gasteiger partial charge on any atom is 0.246 e. The van der Waals surface area contributed by atoms with Crippen LogP contribution in [0.15, 0.2) is 47.7 Å². The molecule has 15 heavy (non-hydrogen) atoms. The molecule has 0 heterocycles. The molecular formula is C12H16N2O. The van der Waals surface area contributed by atoms with Gasteiger partial charge in [-0.2, -0.15) is 0 Å². The zero-order chi connectivity index (χ0) is 11.3. The minimum atomic E-state index is -0.110. The first kappa shape index (κ1) is 11.3. The average Bonchev–Trinajstić information content (AvgIpc) is 2.20. The molecule has 0 aromatic carbocycles. The fourth-order valence-corrected chi connectivity index (χ4v) is 1.15. The third kappa shape index (κ3) is 3.85. The van der Waals surface area contributed by atoms with E-state index in [2.05, 4.69) is 11.9 Å². The number of allylic oxidation sites excluding steroid dienone is 4. The van der Waals surface area contributed by atoms with E-state index in [0.717, 1.165) is 17.7 Å². The van der Waals surface area contributed by atoms with Crippen molar-refractivity contribution in [2.24, 2.45) is 5.73 Å². The summed E-state index contributed by atoms with van der Waals surface area (Å²) in [4.78, 5) is 11.1. The molecule has 0 saturated heterocycles. The summed E-state index contributed by atoms with van der Waals surface area (Å²) < 4.78 is 0. The maximum atomic E-state index is 11.1. The highest BCUT2D eigenvalue weighted by Gasteiger charge is 2.00. The Hall–Kier alpha value is -1.77. The van der Waals surface area contributed by atoms with Crippen LogP contribution in [-0.2, 0) is 4.79 Å². The molecule has 0 unspecified atom stereocenters. The number of nitrogens with two attached hydrogens (primary N) is 1. The second kappa shape index (κ2) is 5.20. The molecule has 0 fully saturated rings. The largest absolute Gasteiger partial charge is 0.399 e. The number of nitrogens with one attached hydrogen (secondary N) is 1. The molecule has 3 heteroatoms. The lowest BCUT2D eigenvalue weighted by Gasteiger charge is -2.06. The van der Waals surface area contributed by atoms with Gasteiger partial charge in [-0.3, -0.25) is 4.79 Å². The Morgan fingerprint density at radius 2 is 2.40 bits per heavy atom. The lowest BCUT2D eigenvalue weighted by Crippen LogP contribution is -2.23. The third-order valence-corrected chi connectivity index (χ3v) is 2.08. The lowest BCUT2D eigenvalue weighted by atomic mass is 10.1. The highest BCUT2D eigenvalue weighted by Crippen LogP contribution is 2.11. The predicted octanol–water partition coefficient (Wildman–Crippen LogP) is 1.41. The summed E-state index contributed by atoms with van der Waals surface area (Å²) >= 11 is 0. The molecule has 0 spiro atoms. The molecule has 0 bridgehead atoms. The molecule has 3 N–H and O–H groups in total. The van der Waals surface area contributed by atoms with Gasteiger partial charge in [0, 0.05) is 17.8 Å². The average molecular weight is 204 g/mol. The molecule has 0 radical (unpaired) electrons. The van der Waals surface area contributed by atoms with Crippen LogP contribution >= 0.6 is 0 Å². The number of amides is 1. The first-order valence-corrected chi connectivity index (χ1v) is 4.86. The maximum absolute atomic E-state index is 11.1. The van der Waals surface area contributed by atoms with Crippen molar-refractivity contribution in [3.63, 3.8) is 0 Å². The van der Waals surface area contributed by atoms with E-state index < -0.39 is 0 Å². The molecule has 0 aliphatic heterocycles. The van der Waals surface area contributed by atoms with Gasteiger partial charge in [-0.05, 0) is 25.0 Å². The van der Waals surface area contributed by atoms with E-state index in [4.69, 9.17) is 5.73 Å². The Morgan fingerprint density at radius 3 is 2.93 bits per heavy atom. The molecule has 1 amide bonds. The van der Waals surface area contributed by atoms with E-state index in [9.17, 15) is 4.79 Å². The van der Waals surface area contributed by atoms with Gasteiger partial charge in [0.25, 0.3) is 0 Å². The van der Waals surface area contributed by atoms with Crippen LogP contribution in [0, 0.1) is 0 Å². The van der Waals surface area contributed by atoms with Crippen molar-refractivity contribution in [3.8, 4) is 0 Å². The van der Waals surface area contributed by atoms with Crippen molar-refractivity contribution in [1.29, 1.82) is 0 Å². The molecule has 1 aliphatic carbocycles. The first-order valence-electron chi connectivity index (χ1n) is 4.86. The number of hydrogen-bond donors (Lipinski definition) is 2. The van der Waals surface area contributed by atoms with Crippen molar-refractivity contribution in [1.82, 2.24) is 5.32 Å². The van der Waals surface area contributed by atoms with Crippen LogP contribution in [0.2, 0.25) is 0 Å². The number of hydrogen-bond acceptors (Lipinski definition) is 2. The smallest absolute Gasteiger partial charge is 0.246 e. The summed E-state index contributed by atoms with van der Waals surface area (Å²) in [6.45, 7) is 5.77. The Kier molecular flexibility index (Phi) is 3.92. The van der Waals surface area contributed by atoms with Gasteiger partial charge in [-0.15, -0.1) is 0 Å². The second-order valence-electron chi connectivity index (χ2n) is 3.51. The highest BCUT2D eigenvalue weighted by atomic mass is 16.1. The van der Waals surface area contributed by atoms with Crippen LogP contribution in [0.5, 0.6) is 0 Å². The van der Waals surface area contributed by atoms with Crippen LogP contribution in [0.1, 0.15) is 13.3 Å². The van der Waals surface area contributed by atoms with Crippen LogP contribution in [0.3, 0.4) is 0 Å². The van der Waals surface area contributed by atoms with Crippen LogP contribution < -0.4 is 11.1 Å². The van der Waals surface area contributed by atoms with Crippen molar-refractivity contribution >= 4 is 5.91 Å². The monoisotopic (exact) mass is 204 g/mol. The molecule has 1 rings (SSSR count). The summed E-state index contributed by atoms with van der Waals surface area (Å²) in [5.41, 5.74) is 8.05. The molecule has 3 nitrogen and oxygen atoms in total. The summed E-state index contributed by atoms with van der Waals surface area (Å²) in [5.74, 6) is -0.110. The van der Waals surface area contributed by atoms with Crippen molar-refractivity contribution in [2.75, 3.05) is 6.54 Å². The standard InChI is InChI=1S/C12H16N2O/c1-9(2)12(15)14-8-7-10-3-5-11(13)6-4-10/h3,5-7H,1,4,8,13H2,2H3,(H,14,15)/b10-7+. The molecule has 0 aromatic rings. The zero-order valence-electron chi connectivity index (χ0n) is 8.92. The first-order chi connectivity index (χ1) is 7.09. The van der Waals surface area contributed by atoms with Gasteiger partial charge in [0.15, 0.2) is 0 Å². The second-order valence-corrected chi connectivity index (χ2v) is 3.51. The fraction of sp³-hybridized carbons (Fsp3) is 0.250. The molecule has 0 saturated carbocycles. The molecule has 0 aromatic heterocycles. The van der Waals surface area contributed by atoms with Crippen molar-refractivity contribution in [2.45, 2.75) is 13.3 Å². The molecule has 1 aliphatic rings. The van der Waals surface area contributed by atoms with Crippen LogP contribution in [0.25, 0.3) is 0 Å². The van der Waals surface area contributed by atoms with Gasteiger partial charge < -0.3 is 11.1 Å². The summed E-state index contributed by atoms with van der Waals surface area (Å²) in [7, 11) is 0. The number of carbonyl (C=O) groups is 1. The topological polar surface area (TPSA) is 55.1 Å². The van der Waals surface area contributed by atoms with Gasteiger partial charge in [0.1, 0.15) is 0 Å². The third-order valence-electron chi connectivity index (χ3n) is 2.08. The summed E-state index contributed by atoms with van der Waals surface area (Å²) in [6.07, 6.45) is 8.57. The minimum absolute atomic E-state index is 0.110. The SMILES string of the molecule is C=C(C)C(=O)NC/C=C1\C=CC(N)=CC1. The number of carbonyl (C=O) groups excluding carboxylic acids is 1. The highest BCUT2D eigenvalue weighted by molar-refractivity contribution is 5.92. The summed E-state index contributed by atoms with van der Waals surface area (Å²) in [5, 5.41) is 2.74. The molecule has 0 atom stereocenters.